The lowest BCUT2D eigenvalue weighted by Gasteiger charge is -2.29. The van der Waals surface area contributed by atoms with E-state index in [1.54, 1.807) is 15.5 Å². The average molecular weight is 484 g/mol. The first-order chi connectivity index (χ1) is 16.0. The Kier molecular flexibility index (Phi) is 6.11. The van der Waals surface area contributed by atoms with Gasteiger partial charge in [0, 0.05) is 19.6 Å². The fraction of sp³-hybridized carbons (Fsp3) is 0.391. The minimum absolute atomic E-state index is 0.0503. The Morgan fingerprint density at radius 3 is 2.88 bits per heavy atom. The third kappa shape index (κ3) is 4.24. The lowest BCUT2D eigenvalue weighted by Crippen LogP contribution is -2.39. The minimum Gasteiger partial charge on any atom is -0.490 e. The van der Waals surface area contributed by atoms with Gasteiger partial charge in [0.2, 0.25) is 5.91 Å². The first kappa shape index (κ1) is 22.0. The molecule has 1 aromatic carbocycles. The first-order valence-corrected chi connectivity index (χ1v) is 12.8. The summed E-state index contributed by atoms with van der Waals surface area (Å²) in [5.41, 5.74) is 2.17. The molecule has 0 radical (unpaired) electrons. The molecule has 1 amide bonds. The Morgan fingerprint density at radius 2 is 2.09 bits per heavy atom. The van der Waals surface area contributed by atoms with Crippen LogP contribution in [-0.2, 0) is 11.3 Å². The van der Waals surface area contributed by atoms with Crippen molar-refractivity contribution in [1.82, 2.24) is 14.5 Å². The third-order valence-corrected chi connectivity index (χ3v) is 7.82. The number of aryl methyl sites for hydroxylation is 1. The van der Waals surface area contributed by atoms with Crippen molar-refractivity contribution in [3.8, 4) is 5.75 Å². The van der Waals surface area contributed by atoms with Gasteiger partial charge in [0.15, 0.2) is 15.9 Å². The van der Waals surface area contributed by atoms with E-state index in [2.05, 4.69) is 21.4 Å². The summed E-state index contributed by atoms with van der Waals surface area (Å²) in [6, 6.07) is 5.83. The van der Waals surface area contributed by atoms with E-state index < -0.39 is 0 Å². The molecule has 2 aliphatic heterocycles. The topological polar surface area (TPSA) is 80.6 Å². The summed E-state index contributed by atoms with van der Waals surface area (Å²) in [6.07, 6.45) is 3.94. The molecule has 0 N–H and O–H groups in total. The highest BCUT2D eigenvalue weighted by atomic mass is 32.2. The van der Waals surface area contributed by atoms with Crippen LogP contribution in [0.2, 0.25) is 0 Å². The van der Waals surface area contributed by atoms with Gasteiger partial charge in [0.1, 0.15) is 17.1 Å². The molecule has 4 heterocycles. The van der Waals surface area contributed by atoms with Crippen LogP contribution in [0.4, 0.5) is 10.8 Å². The molecule has 8 nitrogen and oxygen atoms in total. The van der Waals surface area contributed by atoms with Gasteiger partial charge in [-0.15, -0.1) is 6.58 Å². The number of thiazole rings is 1. The van der Waals surface area contributed by atoms with Gasteiger partial charge in [-0.3, -0.25) is 14.2 Å². The van der Waals surface area contributed by atoms with Crippen LogP contribution in [0.3, 0.4) is 0 Å². The van der Waals surface area contributed by atoms with Crippen LogP contribution in [0.1, 0.15) is 18.4 Å². The smallest absolute Gasteiger partial charge is 0.274 e. The van der Waals surface area contributed by atoms with Gasteiger partial charge < -0.3 is 14.5 Å². The SMILES string of the molecule is C=CCn1c(SCC(=O)N2CCOc3ccc(C)cc32)nc2nc(N3CCCC3)sc2c1=O. The molecular formula is C23H25N5O3S2. The number of allylic oxidation sites excluding steroid dienone is 1. The number of amides is 1. The Morgan fingerprint density at radius 1 is 1.27 bits per heavy atom. The maximum atomic E-state index is 13.2. The van der Waals surface area contributed by atoms with Crippen molar-refractivity contribution in [3.05, 3.63) is 46.8 Å². The van der Waals surface area contributed by atoms with Gasteiger partial charge >= 0.3 is 0 Å². The number of carbonyl (C=O) groups is 1. The molecule has 0 atom stereocenters. The quantitative estimate of drug-likeness (QED) is 0.302. The second-order valence-corrected chi connectivity index (χ2v) is 10.0. The van der Waals surface area contributed by atoms with E-state index in [0.29, 0.717) is 40.9 Å². The van der Waals surface area contributed by atoms with Crippen molar-refractivity contribution in [2.45, 2.75) is 31.5 Å². The van der Waals surface area contributed by atoms with E-state index in [1.807, 2.05) is 25.1 Å². The van der Waals surface area contributed by atoms with Crippen LogP contribution < -0.4 is 20.1 Å². The molecule has 1 saturated heterocycles. The number of nitrogens with zero attached hydrogens (tertiary/aromatic N) is 5. The summed E-state index contributed by atoms with van der Waals surface area (Å²) < 4.78 is 7.83. The summed E-state index contributed by atoms with van der Waals surface area (Å²) in [4.78, 5) is 39.6. The Hall–Kier alpha value is -2.85. The molecular weight excluding hydrogens is 458 g/mol. The molecule has 2 aliphatic rings. The number of carbonyl (C=O) groups excluding carboxylic acids is 1. The minimum atomic E-state index is -0.134. The monoisotopic (exact) mass is 483 g/mol. The predicted molar refractivity (Wildman–Crippen MR) is 133 cm³/mol. The average Bonchev–Trinajstić information content (AvgIpc) is 3.49. The summed E-state index contributed by atoms with van der Waals surface area (Å²) in [5.74, 6) is 0.821. The fourth-order valence-electron chi connectivity index (χ4n) is 4.11. The van der Waals surface area contributed by atoms with E-state index in [1.165, 1.54) is 23.1 Å². The predicted octanol–water partition coefficient (Wildman–Crippen LogP) is 3.47. The summed E-state index contributed by atoms with van der Waals surface area (Å²) in [6.45, 7) is 8.96. The highest BCUT2D eigenvalue weighted by molar-refractivity contribution is 7.99. The zero-order chi connectivity index (χ0) is 22.9. The number of anilines is 2. The molecule has 10 heteroatoms. The third-order valence-electron chi connectivity index (χ3n) is 5.76. The number of fused-ring (bicyclic) bond motifs is 2. The Labute approximate surface area is 199 Å². The number of aromatic nitrogens is 3. The van der Waals surface area contributed by atoms with E-state index in [4.69, 9.17) is 4.74 Å². The molecule has 0 aliphatic carbocycles. The lowest BCUT2D eigenvalue weighted by atomic mass is 10.1. The number of thioether (sulfide) groups is 1. The second kappa shape index (κ2) is 9.18. The zero-order valence-corrected chi connectivity index (χ0v) is 20.1. The van der Waals surface area contributed by atoms with Gasteiger partial charge in [-0.25, -0.2) is 4.98 Å². The zero-order valence-electron chi connectivity index (χ0n) is 18.5. The Balaban J connectivity index is 1.42. The van der Waals surface area contributed by atoms with E-state index in [0.717, 1.165) is 42.3 Å². The number of hydrogen-bond acceptors (Lipinski definition) is 8. The van der Waals surface area contributed by atoms with Gasteiger partial charge in [0.25, 0.3) is 5.56 Å². The molecule has 0 saturated carbocycles. The molecule has 172 valence electrons. The van der Waals surface area contributed by atoms with Crippen molar-refractivity contribution < 1.29 is 9.53 Å². The van der Waals surface area contributed by atoms with Crippen molar-refractivity contribution in [2.24, 2.45) is 0 Å². The lowest BCUT2D eigenvalue weighted by molar-refractivity contribution is -0.116. The van der Waals surface area contributed by atoms with Gasteiger partial charge in [0.05, 0.1) is 18.0 Å². The Bertz CT molecular complexity index is 1280. The number of benzene rings is 1. The van der Waals surface area contributed by atoms with Gasteiger partial charge in [-0.05, 0) is 37.5 Å². The molecule has 3 aromatic rings. The molecule has 0 spiro atoms. The van der Waals surface area contributed by atoms with E-state index in [-0.39, 0.29) is 17.2 Å². The molecule has 5 rings (SSSR count). The van der Waals surface area contributed by atoms with Crippen LogP contribution in [-0.4, -0.2) is 52.4 Å². The van der Waals surface area contributed by atoms with Crippen molar-refractivity contribution in [3.63, 3.8) is 0 Å². The van der Waals surface area contributed by atoms with Gasteiger partial charge in [-0.1, -0.05) is 35.2 Å². The van der Waals surface area contributed by atoms with Gasteiger partial charge in [-0.2, -0.15) is 4.98 Å². The maximum Gasteiger partial charge on any atom is 0.274 e. The standard InChI is InChI=1S/C23H25N5O3S2/c1-3-8-28-21(30)19-20(24-22(33-19)26-9-4-5-10-26)25-23(28)32-14-18(29)27-11-12-31-17-7-6-15(2)13-16(17)27/h3,6-7,13H,1,4-5,8-12,14H2,2H3. The summed E-state index contributed by atoms with van der Waals surface area (Å²) in [5, 5.41) is 1.33. The number of hydrogen-bond donors (Lipinski definition) is 0. The molecule has 0 bridgehead atoms. The molecule has 33 heavy (non-hydrogen) atoms. The number of rotatable bonds is 6. The van der Waals surface area contributed by atoms with E-state index >= 15 is 0 Å². The second-order valence-electron chi connectivity index (χ2n) is 8.10. The summed E-state index contributed by atoms with van der Waals surface area (Å²) in [7, 11) is 0. The molecule has 1 fully saturated rings. The van der Waals surface area contributed by atoms with Crippen molar-refractivity contribution >= 4 is 50.2 Å². The summed E-state index contributed by atoms with van der Waals surface area (Å²) >= 11 is 2.66. The van der Waals surface area contributed by atoms with Crippen LogP contribution in [0, 0.1) is 6.92 Å². The fourth-order valence-corrected chi connectivity index (χ4v) is 5.99. The molecule has 2 aromatic heterocycles. The van der Waals surface area contributed by atoms with Crippen LogP contribution in [0.5, 0.6) is 5.75 Å². The normalized spacial score (nSPS) is 15.5. The van der Waals surface area contributed by atoms with Crippen LogP contribution >= 0.6 is 23.1 Å². The van der Waals surface area contributed by atoms with Crippen LogP contribution in [0.15, 0.2) is 40.8 Å². The first-order valence-electron chi connectivity index (χ1n) is 11.0. The van der Waals surface area contributed by atoms with Crippen molar-refractivity contribution in [2.75, 3.05) is 41.8 Å². The highest BCUT2D eigenvalue weighted by Crippen LogP contribution is 2.33. The largest absolute Gasteiger partial charge is 0.490 e. The van der Waals surface area contributed by atoms with Crippen molar-refractivity contribution in [1.29, 1.82) is 0 Å². The molecule has 0 unspecified atom stereocenters. The highest BCUT2D eigenvalue weighted by Gasteiger charge is 2.25. The number of ether oxygens (including phenoxy) is 1. The maximum absolute atomic E-state index is 13.2. The van der Waals surface area contributed by atoms with Crippen LogP contribution in [0.25, 0.3) is 10.3 Å². The van der Waals surface area contributed by atoms with E-state index in [9.17, 15) is 9.59 Å².